The molecule has 0 aliphatic heterocycles. The molecule has 1 aliphatic rings. The molecule has 1 fully saturated rings. The maximum absolute atomic E-state index is 3.76. The molecule has 0 spiro atoms. The van der Waals surface area contributed by atoms with Crippen molar-refractivity contribution in [3.8, 4) is 0 Å². The van der Waals surface area contributed by atoms with E-state index < -0.39 is 0 Å². The molecule has 10 heavy (non-hydrogen) atoms. The fourth-order valence-corrected chi connectivity index (χ4v) is 1.59. The number of hydrogen-bond acceptors (Lipinski definition) is 0. The average molecular weight is 134 g/mol. The predicted molar refractivity (Wildman–Crippen MR) is 44.7 cm³/mol. The van der Waals surface area contributed by atoms with E-state index in [4.69, 9.17) is 0 Å². The Bertz CT molecular complexity index is 182. The maximum Gasteiger partial charge on any atom is 0.00586 e. The van der Waals surface area contributed by atoms with Gasteiger partial charge in [0.15, 0.2) is 0 Å². The molecule has 0 aromatic heterocycles. The standard InChI is InChI=1S/C10H14/c1-4-8-7-9(5-2)10(8)6-3/h4,8-9H,1,3,5,7H2,2H3. The molecule has 1 rings (SSSR count). The van der Waals surface area contributed by atoms with Crippen LogP contribution in [0.5, 0.6) is 0 Å². The zero-order chi connectivity index (χ0) is 7.56. The lowest BCUT2D eigenvalue weighted by Crippen LogP contribution is -2.24. The first-order valence-corrected chi connectivity index (χ1v) is 3.85. The minimum atomic E-state index is 0.586. The third-order valence-corrected chi connectivity index (χ3v) is 2.36. The van der Waals surface area contributed by atoms with Crippen LogP contribution in [0.2, 0.25) is 0 Å². The predicted octanol–water partition coefficient (Wildman–Crippen LogP) is 2.93. The molecule has 0 heteroatoms. The second kappa shape index (κ2) is 2.90. The van der Waals surface area contributed by atoms with Crippen LogP contribution in [0, 0.1) is 11.8 Å². The van der Waals surface area contributed by atoms with Crippen LogP contribution in [0.15, 0.2) is 30.5 Å². The van der Waals surface area contributed by atoms with E-state index in [2.05, 4.69) is 25.8 Å². The third kappa shape index (κ3) is 0.955. The molecule has 1 aliphatic carbocycles. The minimum Gasteiger partial charge on any atom is -0.129 e. The lowest BCUT2D eigenvalue weighted by Gasteiger charge is -2.34. The molecule has 0 aromatic carbocycles. The first-order valence-electron chi connectivity index (χ1n) is 3.85. The summed E-state index contributed by atoms with van der Waals surface area (Å²) in [5.74, 6) is 1.34. The maximum atomic E-state index is 3.76. The topological polar surface area (TPSA) is 0 Å². The van der Waals surface area contributed by atoms with Crippen molar-refractivity contribution < 1.29 is 0 Å². The molecule has 0 bridgehead atoms. The normalized spacial score (nSPS) is 30.7. The summed E-state index contributed by atoms with van der Waals surface area (Å²) in [4.78, 5) is 0. The van der Waals surface area contributed by atoms with Gasteiger partial charge in [-0.1, -0.05) is 19.6 Å². The molecule has 1 saturated carbocycles. The van der Waals surface area contributed by atoms with Crippen molar-refractivity contribution in [3.63, 3.8) is 0 Å². The Morgan fingerprint density at radius 1 is 1.80 bits per heavy atom. The smallest absolute Gasteiger partial charge is 0.00586 e. The monoisotopic (exact) mass is 134 g/mol. The van der Waals surface area contributed by atoms with E-state index >= 15 is 0 Å². The Kier molecular flexibility index (Phi) is 2.13. The number of allylic oxidation sites excluding steroid dienone is 2. The average Bonchev–Trinajstić information content (AvgIpc) is 1.89. The van der Waals surface area contributed by atoms with Crippen LogP contribution in [0.3, 0.4) is 0 Å². The Hall–Kier alpha value is -0.740. The first kappa shape index (κ1) is 7.37. The van der Waals surface area contributed by atoms with Gasteiger partial charge in [-0.25, -0.2) is 0 Å². The molecule has 0 heterocycles. The summed E-state index contributed by atoms with van der Waals surface area (Å²) in [6, 6.07) is 0. The van der Waals surface area contributed by atoms with E-state index in [9.17, 15) is 0 Å². The van der Waals surface area contributed by atoms with Crippen molar-refractivity contribution in [2.24, 2.45) is 11.8 Å². The van der Waals surface area contributed by atoms with Gasteiger partial charge in [0.25, 0.3) is 0 Å². The Morgan fingerprint density at radius 2 is 2.50 bits per heavy atom. The first-order chi connectivity index (χ1) is 4.83. The van der Waals surface area contributed by atoms with Gasteiger partial charge in [0.1, 0.15) is 0 Å². The summed E-state index contributed by atoms with van der Waals surface area (Å²) in [7, 11) is 0. The summed E-state index contributed by atoms with van der Waals surface area (Å²) < 4.78 is 0. The van der Waals surface area contributed by atoms with Crippen molar-refractivity contribution in [1.29, 1.82) is 0 Å². The van der Waals surface area contributed by atoms with E-state index in [-0.39, 0.29) is 0 Å². The molecular weight excluding hydrogens is 120 g/mol. The van der Waals surface area contributed by atoms with Gasteiger partial charge >= 0.3 is 0 Å². The summed E-state index contributed by atoms with van der Waals surface area (Å²) in [5.41, 5.74) is 4.37. The van der Waals surface area contributed by atoms with Gasteiger partial charge in [0.2, 0.25) is 0 Å². The van der Waals surface area contributed by atoms with Crippen molar-refractivity contribution in [3.05, 3.63) is 30.5 Å². The van der Waals surface area contributed by atoms with E-state index in [1.165, 1.54) is 18.4 Å². The van der Waals surface area contributed by atoms with Gasteiger partial charge in [-0.3, -0.25) is 0 Å². The van der Waals surface area contributed by atoms with E-state index in [1.54, 1.807) is 0 Å². The highest BCUT2D eigenvalue weighted by Gasteiger charge is 2.30. The Balaban J connectivity index is 2.63. The molecule has 0 amide bonds. The van der Waals surface area contributed by atoms with Gasteiger partial charge < -0.3 is 0 Å². The third-order valence-electron chi connectivity index (χ3n) is 2.36. The van der Waals surface area contributed by atoms with Crippen LogP contribution in [-0.4, -0.2) is 0 Å². The van der Waals surface area contributed by atoms with Crippen LogP contribution < -0.4 is 0 Å². The number of hydrogen-bond donors (Lipinski definition) is 0. The lowest BCUT2D eigenvalue weighted by molar-refractivity contribution is 0.358. The van der Waals surface area contributed by atoms with E-state index in [0.717, 1.165) is 5.92 Å². The SMILES string of the molecule is C=C=C1C(C=C)CC1CC. The largest absolute Gasteiger partial charge is 0.129 e. The van der Waals surface area contributed by atoms with E-state index in [1.807, 2.05) is 6.08 Å². The Morgan fingerprint density at radius 3 is 2.90 bits per heavy atom. The van der Waals surface area contributed by atoms with Crippen LogP contribution in [-0.2, 0) is 0 Å². The Labute approximate surface area is 62.9 Å². The highest BCUT2D eigenvalue weighted by Crippen LogP contribution is 2.41. The second-order valence-electron chi connectivity index (χ2n) is 2.82. The second-order valence-corrected chi connectivity index (χ2v) is 2.82. The van der Waals surface area contributed by atoms with E-state index in [0.29, 0.717) is 5.92 Å². The van der Waals surface area contributed by atoms with Crippen molar-refractivity contribution in [2.45, 2.75) is 19.8 Å². The summed E-state index contributed by atoms with van der Waals surface area (Å²) >= 11 is 0. The highest BCUT2D eigenvalue weighted by atomic mass is 14.3. The van der Waals surface area contributed by atoms with Gasteiger partial charge in [0.05, 0.1) is 0 Å². The molecule has 0 nitrogen and oxygen atoms in total. The van der Waals surface area contributed by atoms with Gasteiger partial charge in [0, 0.05) is 5.92 Å². The quantitative estimate of drug-likeness (QED) is 0.402. The van der Waals surface area contributed by atoms with Gasteiger partial charge in [-0.05, 0) is 24.3 Å². The van der Waals surface area contributed by atoms with Crippen LogP contribution >= 0.6 is 0 Å². The zero-order valence-electron chi connectivity index (χ0n) is 6.56. The van der Waals surface area contributed by atoms with Crippen LogP contribution in [0.1, 0.15) is 19.8 Å². The van der Waals surface area contributed by atoms with Crippen molar-refractivity contribution >= 4 is 0 Å². The lowest BCUT2D eigenvalue weighted by atomic mass is 9.69. The van der Waals surface area contributed by atoms with Gasteiger partial charge in [-0.15, -0.1) is 12.3 Å². The fraction of sp³-hybridized carbons (Fsp3) is 0.500. The molecule has 0 radical (unpaired) electrons. The van der Waals surface area contributed by atoms with Gasteiger partial charge in [-0.2, -0.15) is 0 Å². The van der Waals surface area contributed by atoms with Crippen molar-refractivity contribution in [2.75, 3.05) is 0 Å². The fourth-order valence-electron chi connectivity index (χ4n) is 1.59. The molecule has 2 atom stereocenters. The molecule has 0 saturated heterocycles. The highest BCUT2D eigenvalue weighted by molar-refractivity contribution is 5.22. The summed E-state index contributed by atoms with van der Waals surface area (Å²) in [6.07, 6.45) is 4.49. The zero-order valence-corrected chi connectivity index (χ0v) is 6.56. The molecular formula is C10H14. The van der Waals surface area contributed by atoms with Crippen LogP contribution in [0.4, 0.5) is 0 Å². The summed E-state index contributed by atoms with van der Waals surface area (Å²) in [6.45, 7) is 9.64. The van der Waals surface area contributed by atoms with Crippen molar-refractivity contribution in [1.82, 2.24) is 0 Å². The molecule has 54 valence electrons. The minimum absolute atomic E-state index is 0.586. The molecule has 0 N–H and O–H groups in total. The number of rotatable bonds is 2. The van der Waals surface area contributed by atoms with Crippen LogP contribution in [0.25, 0.3) is 0 Å². The summed E-state index contributed by atoms with van der Waals surface area (Å²) in [5, 5.41) is 0. The molecule has 2 unspecified atom stereocenters. The molecule has 0 aromatic rings.